The molecule has 1 fully saturated rings. The smallest absolute Gasteiger partial charge is 0.319 e. The Morgan fingerprint density at radius 2 is 1.83 bits per heavy atom. The van der Waals surface area contributed by atoms with E-state index in [2.05, 4.69) is 38.0 Å². The maximum absolute atomic E-state index is 12.8. The Morgan fingerprint density at radius 1 is 1.08 bits per heavy atom. The van der Waals surface area contributed by atoms with Crippen LogP contribution in [0.2, 0.25) is 5.02 Å². The molecule has 3 aromatic rings. The molecule has 1 saturated heterocycles. The molecule has 3 N–H and O–H groups in total. The van der Waals surface area contributed by atoms with Crippen molar-refractivity contribution >= 4 is 34.9 Å². The highest BCUT2D eigenvalue weighted by Crippen LogP contribution is 2.30. The van der Waals surface area contributed by atoms with E-state index in [1.165, 1.54) is 6.92 Å². The van der Waals surface area contributed by atoms with Crippen LogP contribution < -0.4 is 25.6 Å². The Balaban J connectivity index is 1.48. The fraction of sp³-hybridized carbons (Fsp3) is 0.296. The minimum atomic E-state index is -0.267. The summed E-state index contributed by atoms with van der Waals surface area (Å²) in [4.78, 5) is 30.9. The minimum Gasteiger partial charge on any atom is -0.495 e. The van der Waals surface area contributed by atoms with Gasteiger partial charge < -0.3 is 25.6 Å². The number of piperidine rings is 1. The summed E-state index contributed by atoms with van der Waals surface area (Å²) in [6.07, 6.45) is 2.45. The molecule has 188 valence electrons. The molecular weight excluding hydrogens is 478 g/mol. The molecule has 2 atom stereocenters. The molecule has 1 aliphatic rings. The highest BCUT2D eigenvalue weighted by atomic mass is 35.5. The van der Waals surface area contributed by atoms with E-state index in [0.29, 0.717) is 29.5 Å². The van der Waals surface area contributed by atoms with E-state index in [1.807, 2.05) is 24.3 Å². The maximum Gasteiger partial charge on any atom is 0.319 e. The van der Waals surface area contributed by atoms with Crippen molar-refractivity contribution in [2.75, 3.05) is 30.4 Å². The van der Waals surface area contributed by atoms with Gasteiger partial charge in [-0.25, -0.2) is 4.79 Å². The van der Waals surface area contributed by atoms with Crippen molar-refractivity contribution in [3.63, 3.8) is 0 Å². The molecule has 1 aliphatic heterocycles. The summed E-state index contributed by atoms with van der Waals surface area (Å²) in [6, 6.07) is 18.7. The Hall–Kier alpha value is -3.78. The molecule has 0 saturated carbocycles. The van der Waals surface area contributed by atoms with Gasteiger partial charge in [-0.2, -0.15) is 0 Å². The normalized spacial score (nSPS) is 17.2. The zero-order chi connectivity index (χ0) is 25.5. The van der Waals surface area contributed by atoms with E-state index >= 15 is 0 Å². The van der Waals surface area contributed by atoms with Crippen molar-refractivity contribution in [2.45, 2.75) is 31.8 Å². The van der Waals surface area contributed by atoms with Crippen molar-refractivity contribution in [2.24, 2.45) is 0 Å². The highest BCUT2D eigenvalue weighted by Gasteiger charge is 2.32. The van der Waals surface area contributed by atoms with Gasteiger partial charge in [0.2, 0.25) is 5.91 Å². The average molecular weight is 508 g/mol. The molecule has 2 aromatic carbocycles. The number of halogens is 1. The molecule has 9 heteroatoms. The number of carbonyl (C=O) groups is 2. The lowest BCUT2D eigenvalue weighted by Crippen LogP contribution is -2.51. The van der Waals surface area contributed by atoms with Crippen LogP contribution in [0.25, 0.3) is 0 Å². The number of hydrogen-bond acceptors (Lipinski definition) is 5. The number of pyridine rings is 1. The predicted molar refractivity (Wildman–Crippen MR) is 142 cm³/mol. The summed E-state index contributed by atoms with van der Waals surface area (Å²) in [7, 11) is 1.61. The number of carbonyl (C=O) groups excluding carboxylic acids is 2. The van der Waals surface area contributed by atoms with Crippen molar-refractivity contribution < 1.29 is 14.3 Å². The summed E-state index contributed by atoms with van der Waals surface area (Å²) >= 11 is 5.95. The summed E-state index contributed by atoms with van der Waals surface area (Å²) in [5, 5.41) is 9.46. The standard InChI is InChI=1S/C27H30ClN5O3/c1-18(34)29-15-19-3-9-22(10-4-19)33-14-13-26(24(17-33)25-12-11-23(36-2)16-30-25)32-27(35)31-21-7-5-20(28)6-8-21/h3-12,16,24,26H,13-15,17H2,1-2H3,(H,29,34)(H2,31,32,35)/t24-,26+/m0/s1. The third-order valence-corrected chi connectivity index (χ3v) is 6.50. The summed E-state index contributed by atoms with van der Waals surface area (Å²) in [6.45, 7) is 3.48. The van der Waals surface area contributed by atoms with Crippen LogP contribution in [0.5, 0.6) is 5.75 Å². The number of methoxy groups -OCH3 is 1. The van der Waals surface area contributed by atoms with Crippen LogP contribution in [-0.4, -0.2) is 43.2 Å². The Kier molecular flexibility index (Phi) is 8.28. The molecule has 2 heterocycles. The lowest BCUT2D eigenvalue weighted by Gasteiger charge is -2.40. The first-order valence-electron chi connectivity index (χ1n) is 11.8. The fourth-order valence-corrected chi connectivity index (χ4v) is 4.44. The van der Waals surface area contributed by atoms with E-state index in [1.54, 1.807) is 37.6 Å². The molecule has 4 rings (SSSR count). The van der Waals surface area contributed by atoms with Crippen LogP contribution in [0.1, 0.15) is 30.5 Å². The summed E-state index contributed by atoms with van der Waals surface area (Å²) in [5.74, 6) is 0.606. The molecule has 0 aliphatic carbocycles. The van der Waals surface area contributed by atoms with E-state index in [0.717, 1.165) is 29.9 Å². The van der Waals surface area contributed by atoms with Crippen molar-refractivity contribution in [1.29, 1.82) is 0 Å². The van der Waals surface area contributed by atoms with Crippen LogP contribution >= 0.6 is 11.6 Å². The number of hydrogen-bond donors (Lipinski definition) is 3. The third-order valence-electron chi connectivity index (χ3n) is 6.25. The first kappa shape index (κ1) is 25.3. The third kappa shape index (κ3) is 6.66. The second-order valence-corrected chi connectivity index (χ2v) is 9.19. The van der Waals surface area contributed by atoms with Gasteiger partial charge in [-0.1, -0.05) is 23.7 Å². The van der Waals surface area contributed by atoms with Crippen LogP contribution in [-0.2, 0) is 11.3 Å². The number of rotatable bonds is 7. The zero-order valence-corrected chi connectivity index (χ0v) is 21.1. The van der Waals surface area contributed by atoms with E-state index in [4.69, 9.17) is 16.3 Å². The molecule has 3 amide bonds. The SMILES string of the molecule is COc1ccc([C@@H]2CN(c3ccc(CNC(C)=O)cc3)CC[C@H]2NC(=O)Nc2ccc(Cl)cc2)nc1. The summed E-state index contributed by atoms with van der Waals surface area (Å²) < 4.78 is 5.27. The average Bonchev–Trinajstić information content (AvgIpc) is 2.89. The van der Waals surface area contributed by atoms with Gasteiger partial charge in [-0.05, 0) is 60.5 Å². The number of anilines is 2. The lowest BCUT2D eigenvalue weighted by atomic mass is 9.88. The molecule has 36 heavy (non-hydrogen) atoms. The summed E-state index contributed by atoms with van der Waals surface area (Å²) in [5.41, 5.74) is 3.69. The van der Waals surface area contributed by atoms with Gasteiger partial charge in [0.05, 0.1) is 13.3 Å². The minimum absolute atomic E-state index is 0.0281. The number of aromatic nitrogens is 1. The Bertz CT molecular complexity index is 1170. The Morgan fingerprint density at radius 3 is 2.47 bits per heavy atom. The number of amides is 3. The first-order chi connectivity index (χ1) is 17.4. The largest absolute Gasteiger partial charge is 0.495 e. The van der Waals surface area contributed by atoms with E-state index in [-0.39, 0.29) is 23.9 Å². The second-order valence-electron chi connectivity index (χ2n) is 8.75. The van der Waals surface area contributed by atoms with Gasteiger partial charge in [0.15, 0.2) is 0 Å². The molecule has 1 aromatic heterocycles. The first-order valence-corrected chi connectivity index (χ1v) is 12.2. The molecule has 0 unspecified atom stereocenters. The van der Waals surface area contributed by atoms with Crippen LogP contribution in [0, 0.1) is 0 Å². The zero-order valence-electron chi connectivity index (χ0n) is 20.3. The molecule has 0 spiro atoms. The number of benzene rings is 2. The fourth-order valence-electron chi connectivity index (χ4n) is 4.31. The van der Waals surface area contributed by atoms with Crippen molar-refractivity contribution in [3.05, 3.63) is 83.1 Å². The van der Waals surface area contributed by atoms with Crippen LogP contribution in [0.4, 0.5) is 16.2 Å². The Labute approximate surface area is 216 Å². The van der Waals surface area contributed by atoms with E-state index in [9.17, 15) is 9.59 Å². The highest BCUT2D eigenvalue weighted by molar-refractivity contribution is 6.30. The van der Waals surface area contributed by atoms with Gasteiger partial charge in [0.25, 0.3) is 0 Å². The maximum atomic E-state index is 12.8. The van der Waals surface area contributed by atoms with Crippen LogP contribution in [0.15, 0.2) is 66.9 Å². The van der Waals surface area contributed by atoms with Gasteiger partial charge in [0.1, 0.15) is 5.75 Å². The number of nitrogens with zero attached hydrogens (tertiary/aromatic N) is 2. The topological polar surface area (TPSA) is 95.6 Å². The quantitative estimate of drug-likeness (QED) is 0.435. The second kappa shape index (κ2) is 11.8. The van der Waals surface area contributed by atoms with Gasteiger partial charge in [-0.15, -0.1) is 0 Å². The van der Waals surface area contributed by atoms with Crippen molar-refractivity contribution in [1.82, 2.24) is 15.6 Å². The van der Waals surface area contributed by atoms with Gasteiger partial charge >= 0.3 is 6.03 Å². The molecule has 8 nitrogen and oxygen atoms in total. The number of ether oxygens (including phenoxy) is 1. The lowest BCUT2D eigenvalue weighted by molar-refractivity contribution is -0.119. The van der Waals surface area contributed by atoms with Gasteiger partial charge in [-0.3, -0.25) is 9.78 Å². The predicted octanol–water partition coefficient (Wildman–Crippen LogP) is 4.56. The van der Waals surface area contributed by atoms with Crippen LogP contribution in [0.3, 0.4) is 0 Å². The van der Waals surface area contributed by atoms with Crippen molar-refractivity contribution in [3.8, 4) is 5.75 Å². The number of urea groups is 1. The molecular formula is C27H30ClN5O3. The number of nitrogens with one attached hydrogen (secondary N) is 3. The molecule has 0 radical (unpaired) electrons. The van der Waals surface area contributed by atoms with E-state index < -0.39 is 0 Å². The van der Waals surface area contributed by atoms with Gasteiger partial charge in [0, 0.05) is 60.6 Å². The monoisotopic (exact) mass is 507 g/mol. The molecule has 0 bridgehead atoms.